The summed E-state index contributed by atoms with van der Waals surface area (Å²) >= 11 is 0. The summed E-state index contributed by atoms with van der Waals surface area (Å²) in [6, 6.07) is 3.07. The third-order valence-corrected chi connectivity index (χ3v) is 2.46. The van der Waals surface area contributed by atoms with Crippen LogP contribution in [0.15, 0.2) is 18.2 Å². The van der Waals surface area contributed by atoms with Crippen LogP contribution in [-0.2, 0) is 9.59 Å². The van der Waals surface area contributed by atoms with Crippen LogP contribution in [-0.4, -0.2) is 29.3 Å². The zero-order chi connectivity index (χ0) is 12.6. The zero-order valence-corrected chi connectivity index (χ0v) is 8.64. The van der Waals surface area contributed by atoms with Gasteiger partial charge < -0.3 is 10.0 Å². The van der Waals surface area contributed by atoms with Gasteiger partial charge in [-0.05, 0) is 18.2 Å². The summed E-state index contributed by atoms with van der Waals surface area (Å²) in [5.74, 6) is -2.80. The Bertz CT molecular complexity index is 526. The quantitative estimate of drug-likeness (QED) is 0.773. The highest BCUT2D eigenvalue weighted by molar-refractivity contribution is 6.16. The van der Waals surface area contributed by atoms with Crippen molar-refractivity contribution >= 4 is 23.3 Å². The first-order valence-electron chi connectivity index (χ1n) is 4.84. The number of nitrogens with zero attached hydrogens (tertiary/aromatic N) is 1. The molecule has 1 saturated heterocycles. The standard InChI is InChI=1S/C11H8FNO4/c12-6-1-2-9(8(3-6)11(16)17)13-5-7(14)4-10(13)15/h1-3H,4-5H2,(H,16,17). The molecule has 1 aromatic rings. The van der Waals surface area contributed by atoms with Crippen molar-refractivity contribution in [1.82, 2.24) is 0 Å². The lowest BCUT2D eigenvalue weighted by Gasteiger charge is -2.16. The molecule has 0 spiro atoms. The third-order valence-electron chi connectivity index (χ3n) is 2.46. The highest BCUT2D eigenvalue weighted by atomic mass is 19.1. The number of aromatic carboxylic acids is 1. The van der Waals surface area contributed by atoms with Crippen molar-refractivity contribution in [2.75, 3.05) is 11.4 Å². The summed E-state index contributed by atoms with van der Waals surface area (Å²) < 4.78 is 12.9. The van der Waals surface area contributed by atoms with Crippen molar-refractivity contribution in [1.29, 1.82) is 0 Å². The molecule has 6 heteroatoms. The average molecular weight is 237 g/mol. The van der Waals surface area contributed by atoms with Gasteiger partial charge in [0, 0.05) is 0 Å². The Kier molecular flexibility index (Phi) is 2.63. The summed E-state index contributed by atoms with van der Waals surface area (Å²) in [7, 11) is 0. The minimum absolute atomic E-state index is 0.0507. The summed E-state index contributed by atoms with van der Waals surface area (Å²) in [6.07, 6.45) is -0.240. The van der Waals surface area contributed by atoms with Gasteiger partial charge in [0.25, 0.3) is 0 Å². The number of Topliss-reactive ketones (excluding diaryl/α,β-unsaturated/α-hetero) is 1. The van der Waals surface area contributed by atoms with Crippen LogP contribution in [0, 0.1) is 5.82 Å². The molecule has 1 aromatic carbocycles. The van der Waals surface area contributed by atoms with Gasteiger partial charge in [-0.3, -0.25) is 9.59 Å². The Morgan fingerprint density at radius 2 is 2.06 bits per heavy atom. The molecule has 1 fully saturated rings. The van der Waals surface area contributed by atoms with Gasteiger partial charge in [0.1, 0.15) is 5.82 Å². The van der Waals surface area contributed by atoms with E-state index in [0.717, 1.165) is 17.0 Å². The van der Waals surface area contributed by atoms with E-state index in [0.29, 0.717) is 0 Å². The molecule has 1 heterocycles. The maximum Gasteiger partial charge on any atom is 0.337 e. The molecular formula is C11H8FNO4. The van der Waals surface area contributed by atoms with E-state index in [1.165, 1.54) is 6.07 Å². The van der Waals surface area contributed by atoms with Crippen LogP contribution in [0.3, 0.4) is 0 Å². The molecule has 2 rings (SSSR count). The molecule has 0 aliphatic carbocycles. The lowest BCUT2D eigenvalue weighted by molar-refractivity contribution is -0.121. The number of anilines is 1. The van der Waals surface area contributed by atoms with Gasteiger partial charge in [-0.1, -0.05) is 0 Å². The van der Waals surface area contributed by atoms with Crippen molar-refractivity contribution in [3.8, 4) is 0 Å². The Labute approximate surface area is 95.5 Å². The van der Waals surface area contributed by atoms with Crippen LogP contribution in [0.5, 0.6) is 0 Å². The van der Waals surface area contributed by atoms with E-state index in [1.54, 1.807) is 0 Å². The summed E-state index contributed by atoms with van der Waals surface area (Å²) in [5, 5.41) is 8.91. The topological polar surface area (TPSA) is 74.7 Å². The minimum Gasteiger partial charge on any atom is -0.478 e. The van der Waals surface area contributed by atoms with Crippen LogP contribution in [0.2, 0.25) is 0 Å². The number of carbonyl (C=O) groups is 3. The third kappa shape index (κ3) is 2.01. The Morgan fingerprint density at radius 1 is 1.35 bits per heavy atom. The minimum atomic E-state index is -1.34. The average Bonchev–Trinajstić information content (AvgIpc) is 2.57. The Hall–Kier alpha value is -2.24. The maximum atomic E-state index is 12.9. The van der Waals surface area contributed by atoms with Crippen molar-refractivity contribution in [3.63, 3.8) is 0 Å². The highest BCUT2D eigenvalue weighted by Gasteiger charge is 2.31. The smallest absolute Gasteiger partial charge is 0.337 e. The van der Waals surface area contributed by atoms with Gasteiger partial charge in [0.2, 0.25) is 5.91 Å². The molecule has 1 N–H and O–H groups in total. The first-order chi connectivity index (χ1) is 7.99. The molecule has 17 heavy (non-hydrogen) atoms. The normalized spacial score (nSPS) is 15.5. The Morgan fingerprint density at radius 3 is 2.59 bits per heavy atom. The van der Waals surface area contributed by atoms with Crippen LogP contribution >= 0.6 is 0 Å². The van der Waals surface area contributed by atoms with Crippen molar-refractivity contribution in [2.24, 2.45) is 0 Å². The first-order valence-corrected chi connectivity index (χ1v) is 4.84. The summed E-state index contributed by atoms with van der Waals surface area (Å²) in [4.78, 5) is 34.6. The number of carboxylic acids is 1. The molecule has 0 atom stereocenters. The molecule has 5 nitrogen and oxygen atoms in total. The number of hydrogen-bond donors (Lipinski definition) is 1. The van der Waals surface area contributed by atoms with Gasteiger partial charge >= 0.3 is 5.97 Å². The van der Waals surface area contributed by atoms with Crippen molar-refractivity contribution < 1.29 is 23.9 Å². The number of halogens is 1. The molecule has 0 aromatic heterocycles. The largest absolute Gasteiger partial charge is 0.478 e. The molecule has 0 radical (unpaired) electrons. The number of rotatable bonds is 2. The van der Waals surface area contributed by atoms with E-state index < -0.39 is 17.7 Å². The number of amides is 1. The molecule has 0 unspecified atom stereocenters. The number of hydrogen-bond acceptors (Lipinski definition) is 3. The number of carboxylic acid groups (broad SMARTS) is 1. The lowest BCUT2D eigenvalue weighted by Crippen LogP contribution is -2.26. The van der Waals surface area contributed by atoms with Crippen LogP contribution in [0.4, 0.5) is 10.1 Å². The molecule has 0 saturated carbocycles. The molecule has 1 aliphatic rings. The molecule has 1 aliphatic heterocycles. The van der Waals surface area contributed by atoms with Gasteiger partial charge in [-0.25, -0.2) is 9.18 Å². The second-order valence-corrected chi connectivity index (χ2v) is 3.66. The molecule has 0 bridgehead atoms. The second-order valence-electron chi connectivity index (χ2n) is 3.66. The van der Waals surface area contributed by atoms with E-state index in [4.69, 9.17) is 5.11 Å². The van der Waals surface area contributed by atoms with E-state index in [1.807, 2.05) is 0 Å². The van der Waals surface area contributed by atoms with Gasteiger partial charge in [0.05, 0.1) is 24.2 Å². The zero-order valence-electron chi connectivity index (χ0n) is 8.64. The number of benzene rings is 1. The maximum absolute atomic E-state index is 12.9. The fourth-order valence-electron chi connectivity index (χ4n) is 1.72. The van der Waals surface area contributed by atoms with Crippen LogP contribution in [0.1, 0.15) is 16.8 Å². The predicted molar refractivity (Wildman–Crippen MR) is 55.3 cm³/mol. The molecular weight excluding hydrogens is 229 g/mol. The van der Waals surface area contributed by atoms with E-state index in [2.05, 4.69) is 0 Å². The monoisotopic (exact) mass is 237 g/mol. The summed E-state index contributed by atoms with van der Waals surface area (Å²) in [5.41, 5.74) is -0.275. The summed E-state index contributed by atoms with van der Waals surface area (Å²) in [6.45, 7) is -0.162. The van der Waals surface area contributed by atoms with Gasteiger partial charge in [-0.15, -0.1) is 0 Å². The Balaban J connectivity index is 2.48. The number of ketones is 1. The van der Waals surface area contributed by atoms with Crippen molar-refractivity contribution in [3.05, 3.63) is 29.6 Å². The van der Waals surface area contributed by atoms with E-state index in [9.17, 15) is 18.8 Å². The highest BCUT2D eigenvalue weighted by Crippen LogP contribution is 2.25. The second kappa shape index (κ2) is 3.97. The fourth-order valence-corrected chi connectivity index (χ4v) is 1.72. The van der Waals surface area contributed by atoms with Crippen LogP contribution in [0.25, 0.3) is 0 Å². The van der Waals surface area contributed by atoms with Gasteiger partial charge in [0.15, 0.2) is 5.78 Å². The number of carbonyl (C=O) groups excluding carboxylic acids is 2. The molecule has 88 valence electrons. The fraction of sp³-hybridized carbons (Fsp3) is 0.182. The molecule has 1 amide bonds. The van der Waals surface area contributed by atoms with Gasteiger partial charge in [-0.2, -0.15) is 0 Å². The SMILES string of the molecule is O=C1CC(=O)N(c2ccc(F)cc2C(=O)O)C1. The van der Waals surface area contributed by atoms with Crippen LogP contribution < -0.4 is 4.90 Å². The van der Waals surface area contributed by atoms with Crippen molar-refractivity contribution in [2.45, 2.75) is 6.42 Å². The lowest BCUT2D eigenvalue weighted by atomic mass is 10.1. The van der Waals surface area contributed by atoms with E-state index in [-0.39, 0.29) is 30.0 Å². The first kappa shape index (κ1) is 11.3. The van der Waals surface area contributed by atoms with E-state index >= 15 is 0 Å². The predicted octanol–water partition coefficient (Wildman–Crippen LogP) is 0.830.